The Labute approximate surface area is 177 Å². The summed E-state index contributed by atoms with van der Waals surface area (Å²) in [5.41, 5.74) is 2.79. The number of nitrogens with one attached hydrogen (secondary N) is 2. The summed E-state index contributed by atoms with van der Waals surface area (Å²) in [5, 5.41) is 6.20. The van der Waals surface area contributed by atoms with E-state index in [4.69, 9.17) is 11.6 Å². The SMILES string of the molecule is CC1=C(C(=O)Nc2ccc(F)cc2F)C(c2cccc(Cl)c2)C2=C(CCCC2=O)N1. The van der Waals surface area contributed by atoms with Gasteiger partial charge >= 0.3 is 0 Å². The Balaban J connectivity index is 1.79. The fourth-order valence-electron chi connectivity index (χ4n) is 4.08. The molecule has 1 unspecified atom stereocenters. The number of benzene rings is 2. The minimum Gasteiger partial charge on any atom is -0.362 e. The average molecular weight is 429 g/mol. The van der Waals surface area contributed by atoms with Gasteiger partial charge in [-0.05, 0) is 49.6 Å². The number of anilines is 1. The van der Waals surface area contributed by atoms with Crippen molar-refractivity contribution in [2.45, 2.75) is 32.1 Å². The molecule has 4 rings (SSSR count). The second-order valence-electron chi connectivity index (χ2n) is 7.40. The number of carbonyl (C=O) groups excluding carboxylic acids is 2. The number of rotatable bonds is 3. The van der Waals surface area contributed by atoms with Crippen LogP contribution in [0.3, 0.4) is 0 Å². The maximum Gasteiger partial charge on any atom is 0.254 e. The van der Waals surface area contributed by atoms with Crippen LogP contribution in [0.2, 0.25) is 5.02 Å². The summed E-state index contributed by atoms with van der Waals surface area (Å²) < 4.78 is 27.3. The van der Waals surface area contributed by atoms with Gasteiger partial charge in [0.05, 0.1) is 5.69 Å². The monoisotopic (exact) mass is 428 g/mol. The maximum atomic E-state index is 14.1. The lowest BCUT2D eigenvalue weighted by Crippen LogP contribution is -2.35. The second-order valence-corrected chi connectivity index (χ2v) is 7.84. The van der Waals surface area contributed by atoms with E-state index in [1.54, 1.807) is 25.1 Å². The standard InChI is InChI=1S/C23H19ClF2N2O2/c1-12-20(23(30)28-17-9-8-15(25)11-16(17)26)21(13-4-2-5-14(24)10-13)22-18(27-12)6-3-7-19(22)29/h2,4-5,8-11,21,27H,3,6-7H2,1H3,(H,28,30). The molecule has 1 atom stereocenters. The molecule has 1 aliphatic carbocycles. The molecule has 4 nitrogen and oxygen atoms in total. The number of halogens is 3. The van der Waals surface area contributed by atoms with Gasteiger partial charge < -0.3 is 10.6 Å². The largest absolute Gasteiger partial charge is 0.362 e. The van der Waals surface area contributed by atoms with Crippen molar-refractivity contribution in [3.8, 4) is 0 Å². The van der Waals surface area contributed by atoms with E-state index in [1.165, 1.54) is 6.07 Å². The van der Waals surface area contributed by atoms with Crippen molar-refractivity contribution in [2.75, 3.05) is 5.32 Å². The Morgan fingerprint density at radius 3 is 2.70 bits per heavy atom. The quantitative estimate of drug-likeness (QED) is 0.704. The number of hydrogen-bond acceptors (Lipinski definition) is 3. The summed E-state index contributed by atoms with van der Waals surface area (Å²) in [6.45, 7) is 1.75. The van der Waals surface area contributed by atoms with Crippen molar-refractivity contribution in [3.05, 3.63) is 87.2 Å². The Kier molecular flexibility index (Phi) is 5.43. The smallest absolute Gasteiger partial charge is 0.254 e. The van der Waals surface area contributed by atoms with Gasteiger partial charge in [-0.2, -0.15) is 0 Å². The Morgan fingerprint density at radius 1 is 1.17 bits per heavy atom. The average Bonchev–Trinajstić information content (AvgIpc) is 2.69. The second kappa shape index (κ2) is 8.03. The third-order valence-electron chi connectivity index (χ3n) is 5.38. The van der Waals surface area contributed by atoms with Crippen LogP contribution in [0, 0.1) is 11.6 Å². The molecule has 0 saturated carbocycles. The van der Waals surface area contributed by atoms with Gasteiger partial charge in [-0.3, -0.25) is 9.59 Å². The van der Waals surface area contributed by atoms with Crippen LogP contribution in [-0.4, -0.2) is 11.7 Å². The lowest BCUT2D eigenvalue weighted by atomic mass is 9.75. The van der Waals surface area contributed by atoms with Crippen LogP contribution in [0.5, 0.6) is 0 Å². The van der Waals surface area contributed by atoms with Crippen molar-refractivity contribution in [2.24, 2.45) is 0 Å². The van der Waals surface area contributed by atoms with E-state index in [0.29, 0.717) is 46.3 Å². The number of dihydropyridines is 1. The van der Waals surface area contributed by atoms with Crippen LogP contribution in [0.25, 0.3) is 0 Å². The van der Waals surface area contributed by atoms with E-state index in [2.05, 4.69) is 10.6 Å². The summed E-state index contributed by atoms with van der Waals surface area (Å²) in [4.78, 5) is 26.1. The molecule has 0 saturated heterocycles. The van der Waals surface area contributed by atoms with Gasteiger partial charge in [0.2, 0.25) is 0 Å². The van der Waals surface area contributed by atoms with E-state index in [0.717, 1.165) is 18.2 Å². The first kappa shape index (κ1) is 20.3. The van der Waals surface area contributed by atoms with Crippen molar-refractivity contribution in [1.29, 1.82) is 0 Å². The molecular formula is C23H19ClF2N2O2. The molecule has 0 bridgehead atoms. The van der Waals surface area contributed by atoms with Gasteiger partial charge in [-0.1, -0.05) is 23.7 Å². The minimum absolute atomic E-state index is 0.0283. The zero-order valence-electron chi connectivity index (χ0n) is 16.2. The van der Waals surface area contributed by atoms with Crippen molar-refractivity contribution in [1.82, 2.24) is 5.32 Å². The van der Waals surface area contributed by atoms with Crippen molar-refractivity contribution >= 4 is 29.0 Å². The zero-order valence-corrected chi connectivity index (χ0v) is 16.9. The third kappa shape index (κ3) is 3.75. The molecule has 2 N–H and O–H groups in total. The van der Waals surface area contributed by atoms with Crippen LogP contribution in [0.1, 0.15) is 37.7 Å². The Morgan fingerprint density at radius 2 is 1.97 bits per heavy atom. The minimum atomic E-state index is -0.877. The molecule has 0 radical (unpaired) electrons. The fourth-order valence-corrected chi connectivity index (χ4v) is 4.28. The van der Waals surface area contributed by atoms with E-state index >= 15 is 0 Å². The molecule has 7 heteroatoms. The van der Waals surface area contributed by atoms with Gasteiger partial charge in [0.1, 0.15) is 11.6 Å². The highest BCUT2D eigenvalue weighted by Crippen LogP contribution is 2.43. The molecule has 0 fully saturated rings. The number of allylic oxidation sites excluding steroid dienone is 3. The molecule has 1 amide bonds. The summed E-state index contributed by atoms with van der Waals surface area (Å²) in [5.74, 6) is -2.84. The molecule has 2 aliphatic rings. The van der Waals surface area contributed by atoms with Crippen molar-refractivity contribution < 1.29 is 18.4 Å². The Bertz CT molecular complexity index is 1120. The van der Waals surface area contributed by atoms with E-state index in [1.807, 2.05) is 6.07 Å². The molecule has 0 aromatic heterocycles. The summed E-state index contributed by atoms with van der Waals surface area (Å²) in [7, 11) is 0. The van der Waals surface area contributed by atoms with Crippen LogP contribution in [-0.2, 0) is 9.59 Å². The van der Waals surface area contributed by atoms with E-state index < -0.39 is 23.5 Å². The first-order valence-electron chi connectivity index (χ1n) is 9.61. The predicted molar refractivity (Wildman–Crippen MR) is 111 cm³/mol. The van der Waals surface area contributed by atoms with Gasteiger partial charge in [0, 0.05) is 46.0 Å². The normalized spacial score (nSPS) is 18.8. The number of carbonyl (C=O) groups is 2. The predicted octanol–water partition coefficient (Wildman–Crippen LogP) is 5.22. The lowest BCUT2D eigenvalue weighted by Gasteiger charge is -2.34. The van der Waals surface area contributed by atoms with E-state index in [9.17, 15) is 18.4 Å². The van der Waals surface area contributed by atoms with Crippen LogP contribution in [0.4, 0.5) is 14.5 Å². The lowest BCUT2D eigenvalue weighted by molar-refractivity contribution is -0.116. The molecule has 1 aliphatic heterocycles. The van der Waals surface area contributed by atoms with Crippen LogP contribution >= 0.6 is 11.6 Å². The molecule has 154 valence electrons. The van der Waals surface area contributed by atoms with Crippen LogP contribution in [0.15, 0.2) is 65.0 Å². The van der Waals surface area contributed by atoms with Crippen LogP contribution < -0.4 is 10.6 Å². The molecule has 2 aromatic carbocycles. The summed E-state index contributed by atoms with van der Waals surface area (Å²) in [6.07, 6.45) is 1.84. The molecular weight excluding hydrogens is 410 g/mol. The highest BCUT2D eigenvalue weighted by molar-refractivity contribution is 6.30. The molecule has 0 spiro atoms. The highest BCUT2D eigenvalue weighted by Gasteiger charge is 2.38. The van der Waals surface area contributed by atoms with Gasteiger partial charge in [-0.25, -0.2) is 8.78 Å². The molecule has 2 aromatic rings. The topological polar surface area (TPSA) is 58.2 Å². The van der Waals surface area contributed by atoms with E-state index in [-0.39, 0.29) is 11.5 Å². The van der Waals surface area contributed by atoms with Gasteiger partial charge in [-0.15, -0.1) is 0 Å². The first-order valence-corrected chi connectivity index (χ1v) is 9.99. The third-order valence-corrected chi connectivity index (χ3v) is 5.62. The highest BCUT2D eigenvalue weighted by atomic mass is 35.5. The summed E-state index contributed by atoms with van der Waals surface area (Å²) >= 11 is 6.19. The number of ketones is 1. The molecule has 30 heavy (non-hydrogen) atoms. The van der Waals surface area contributed by atoms with Crippen molar-refractivity contribution in [3.63, 3.8) is 0 Å². The zero-order chi connectivity index (χ0) is 21.4. The van der Waals surface area contributed by atoms with Gasteiger partial charge in [0.15, 0.2) is 5.78 Å². The Hall–Kier alpha value is -2.99. The molecule has 1 heterocycles. The first-order chi connectivity index (χ1) is 14.3. The fraction of sp³-hybridized carbons (Fsp3) is 0.217. The number of hydrogen-bond donors (Lipinski definition) is 2. The van der Waals surface area contributed by atoms with Gasteiger partial charge in [0.25, 0.3) is 5.91 Å². The summed E-state index contributed by atoms with van der Waals surface area (Å²) in [6, 6.07) is 9.95. The number of amides is 1. The maximum absolute atomic E-state index is 14.1. The number of Topliss-reactive ketones (excluding diaryl/α,β-unsaturated/α-hetero) is 1.